The lowest BCUT2D eigenvalue weighted by atomic mass is 9.83. The van der Waals surface area contributed by atoms with Crippen LogP contribution in [0, 0.1) is 5.92 Å². The van der Waals surface area contributed by atoms with Gasteiger partial charge in [-0.25, -0.2) is 4.79 Å². The maximum Gasteiger partial charge on any atom is 0.332 e. The molecular weight excluding hydrogens is 436 g/mol. The van der Waals surface area contributed by atoms with Crippen LogP contribution in [0.15, 0.2) is 30.2 Å². The highest BCUT2D eigenvalue weighted by molar-refractivity contribution is 6.11. The summed E-state index contributed by atoms with van der Waals surface area (Å²) in [4.78, 5) is 53.9. The molecule has 1 fully saturated rings. The number of benzene rings is 1. The van der Waals surface area contributed by atoms with E-state index in [4.69, 9.17) is 11.6 Å². The summed E-state index contributed by atoms with van der Waals surface area (Å²) < 4.78 is 50.8. The van der Waals surface area contributed by atoms with Crippen LogP contribution in [0.3, 0.4) is 0 Å². The first-order chi connectivity index (χ1) is 16.9. The number of likely N-dealkylation sites (tertiary alicyclic amines) is 1. The summed E-state index contributed by atoms with van der Waals surface area (Å²) in [6.45, 7) is 3.77. The SMILES string of the molecule is Cl.[2H]c1c([2H])c([2H])c(N(C(=O)C(C)C(=O)CC)C2(C(=O)OC)CCN(CCC(=O)OC)CC2)c([2H])c1[2H]. The number of hydrogen-bond acceptors (Lipinski definition) is 7. The van der Waals surface area contributed by atoms with Crippen LogP contribution in [-0.4, -0.2) is 67.9 Å². The fourth-order valence-electron chi connectivity index (χ4n) is 3.73. The quantitative estimate of drug-likeness (QED) is 0.402. The Labute approximate surface area is 202 Å². The van der Waals surface area contributed by atoms with Gasteiger partial charge in [0, 0.05) is 31.7 Å². The molecule has 0 bridgehead atoms. The molecule has 2 rings (SSSR count). The van der Waals surface area contributed by atoms with E-state index < -0.39 is 71.0 Å². The molecule has 0 saturated carbocycles. The summed E-state index contributed by atoms with van der Waals surface area (Å²) in [5.74, 6) is -3.73. The molecule has 178 valence electrons. The molecule has 1 aliphatic heterocycles. The molecule has 0 spiro atoms. The monoisotopic (exact) mass is 473 g/mol. The molecule has 1 heterocycles. The zero-order valence-corrected chi connectivity index (χ0v) is 19.6. The predicted molar refractivity (Wildman–Crippen MR) is 123 cm³/mol. The van der Waals surface area contributed by atoms with E-state index in [1.165, 1.54) is 14.0 Å². The molecule has 0 aromatic heterocycles. The standard InChI is InChI=1S/C23H32N2O6.ClH/c1-5-19(26)17(2)21(28)25(18-9-7-6-8-10-18)23(22(29)31-4)12-15-24(16-13-23)14-11-20(27)30-3;/h6-10,17H,5,11-16H2,1-4H3;1H/i6D,7D,8D,9D,10D;. The molecule has 9 heteroatoms. The summed E-state index contributed by atoms with van der Waals surface area (Å²) in [6, 6.07) is -3.32. The van der Waals surface area contributed by atoms with Crippen molar-refractivity contribution >= 4 is 41.7 Å². The number of methoxy groups -OCH3 is 2. The molecular formula is C23H33ClN2O6. The Kier molecular flexibility index (Phi) is 7.91. The first-order valence-corrected chi connectivity index (χ1v) is 10.2. The van der Waals surface area contributed by atoms with Crippen LogP contribution in [0.1, 0.15) is 46.4 Å². The van der Waals surface area contributed by atoms with Crippen LogP contribution >= 0.6 is 12.4 Å². The average Bonchev–Trinajstić information content (AvgIpc) is 2.90. The van der Waals surface area contributed by atoms with Gasteiger partial charge in [0.2, 0.25) is 5.91 Å². The summed E-state index contributed by atoms with van der Waals surface area (Å²) >= 11 is 0. The fourth-order valence-corrected chi connectivity index (χ4v) is 3.73. The highest BCUT2D eigenvalue weighted by atomic mass is 35.5. The van der Waals surface area contributed by atoms with E-state index in [0.717, 1.165) is 12.0 Å². The Hall–Kier alpha value is -2.45. The number of nitrogens with zero attached hydrogens (tertiary/aromatic N) is 2. The van der Waals surface area contributed by atoms with Crippen molar-refractivity contribution in [2.75, 3.05) is 38.8 Å². The minimum absolute atomic E-state index is 0. The lowest BCUT2D eigenvalue weighted by molar-refractivity contribution is -0.152. The number of carbonyl (C=O) groups is 4. The predicted octanol–water partition coefficient (Wildman–Crippen LogP) is 2.63. The lowest BCUT2D eigenvalue weighted by Crippen LogP contribution is -2.64. The molecule has 1 amide bonds. The van der Waals surface area contributed by atoms with Crippen molar-refractivity contribution in [1.82, 2.24) is 4.90 Å². The average molecular weight is 474 g/mol. The third-order valence-electron chi connectivity index (χ3n) is 5.67. The second-order valence-corrected chi connectivity index (χ2v) is 7.38. The van der Waals surface area contributed by atoms with E-state index in [2.05, 4.69) is 4.74 Å². The Morgan fingerprint density at radius 1 is 1.12 bits per heavy atom. The molecule has 0 radical (unpaired) electrons. The molecule has 1 aromatic rings. The Bertz CT molecular complexity index is 1020. The topological polar surface area (TPSA) is 93.2 Å². The number of halogens is 1. The smallest absolute Gasteiger partial charge is 0.332 e. The molecule has 1 aliphatic rings. The van der Waals surface area contributed by atoms with Crippen LogP contribution in [0.2, 0.25) is 0 Å². The first kappa shape index (κ1) is 20.2. The molecule has 1 unspecified atom stereocenters. The maximum absolute atomic E-state index is 13.8. The van der Waals surface area contributed by atoms with Crippen LogP contribution in [0.25, 0.3) is 0 Å². The number of anilines is 1. The Morgan fingerprint density at radius 2 is 1.72 bits per heavy atom. The molecule has 1 aromatic carbocycles. The van der Waals surface area contributed by atoms with Crippen molar-refractivity contribution in [3.8, 4) is 0 Å². The van der Waals surface area contributed by atoms with Crippen molar-refractivity contribution < 1.29 is 35.5 Å². The number of para-hydroxylation sites is 1. The third-order valence-corrected chi connectivity index (χ3v) is 5.67. The Morgan fingerprint density at radius 3 is 2.22 bits per heavy atom. The third kappa shape index (κ3) is 6.07. The van der Waals surface area contributed by atoms with Gasteiger partial charge in [-0.1, -0.05) is 25.1 Å². The molecule has 1 atom stereocenters. The van der Waals surface area contributed by atoms with Crippen LogP contribution in [-0.2, 0) is 28.7 Å². The van der Waals surface area contributed by atoms with Crippen molar-refractivity contribution in [3.05, 3.63) is 30.2 Å². The zero-order chi connectivity index (χ0) is 27.4. The molecule has 1 saturated heterocycles. The summed E-state index contributed by atoms with van der Waals surface area (Å²) in [6.07, 6.45) is 0.132. The minimum atomic E-state index is -1.73. The van der Waals surface area contributed by atoms with Gasteiger partial charge < -0.3 is 14.4 Å². The zero-order valence-electron chi connectivity index (χ0n) is 23.8. The van der Waals surface area contributed by atoms with E-state index in [1.54, 1.807) is 6.92 Å². The van der Waals surface area contributed by atoms with Crippen LogP contribution in [0.4, 0.5) is 5.69 Å². The fraction of sp³-hybridized carbons (Fsp3) is 0.565. The summed E-state index contributed by atoms with van der Waals surface area (Å²) in [5.41, 5.74) is -2.21. The second kappa shape index (κ2) is 12.6. The van der Waals surface area contributed by atoms with Crippen molar-refractivity contribution in [3.63, 3.8) is 0 Å². The largest absolute Gasteiger partial charge is 0.469 e. The van der Waals surface area contributed by atoms with Crippen LogP contribution in [0.5, 0.6) is 0 Å². The first-order valence-electron chi connectivity index (χ1n) is 12.7. The van der Waals surface area contributed by atoms with Gasteiger partial charge in [-0.2, -0.15) is 0 Å². The van der Waals surface area contributed by atoms with Crippen molar-refractivity contribution in [2.24, 2.45) is 5.92 Å². The number of Topliss-reactive ketones (excluding diaryl/α,β-unsaturated/α-hetero) is 1. The van der Waals surface area contributed by atoms with E-state index in [-0.39, 0.29) is 51.2 Å². The highest BCUT2D eigenvalue weighted by Crippen LogP contribution is 2.36. The minimum Gasteiger partial charge on any atom is -0.469 e. The number of esters is 2. The van der Waals surface area contributed by atoms with Crippen molar-refractivity contribution in [2.45, 2.75) is 45.1 Å². The number of hydrogen-bond donors (Lipinski definition) is 0. The number of ether oxygens (including phenoxy) is 2. The summed E-state index contributed by atoms with van der Waals surface area (Å²) in [7, 11) is 2.42. The van der Waals surface area contributed by atoms with Gasteiger partial charge in [0.25, 0.3) is 0 Å². The van der Waals surface area contributed by atoms with E-state index >= 15 is 0 Å². The van der Waals surface area contributed by atoms with Gasteiger partial charge in [0.1, 0.15) is 11.3 Å². The van der Waals surface area contributed by atoms with E-state index in [0.29, 0.717) is 6.54 Å². The molecule has 8 nitrogen and oxygen atoms in total. The maximum atomic E-state index is 13.8. The van der Waals surface area contributed by atoms with Gasteiger partial charge in [-0.05, 0) is 31.9 Å². The second-order valence-electron chi connectivity index (χ2n) is 7.38. The van der Waals surface area contributed by atoms with E-state index in [9.17, 15) is 19.2 Å². The van der Waals surface area contributed by atoms with Gasteiger partial charge in [-0.15, -0.1) is 12.4 Å². The van der Waals surface area contributed by atoms with Crippen molar-refractivity contribution in [1.29, 1.82) is 0 Å². The number of rotatable bonds is 9. The Balaban J connectivity index is 0.00000684. The van der Waals surface area contributed by atoms with Gasteiger partial charge in [0.05, 0.1) is 33.4 Å². The highest BCUT2D eigenvalue weighted by Gasteiger charge is 2.51. The molecule has 0 N–H and O–H groups in total. The lowest BCUT2D eigenvalue weighted by Gasteiger charge is -2.47. The van der Waals surface area contributed by atoms with Gasteiger partial charge in [0.15, 0.2) is 0 Å². The molecule has 32 heavy (non-hydrogen) atoms. The number of amides is 1. The number of piperidine rings is 1. The molecule has 0 aliphatic carbocycles. The normalized spacial score (nSPS) is 18.4. The van der Waals surface area contributed by atoms with Gasteiger partial charge >= 0.3 is 11.9 Å². The van der Waals surface area contributed by atoms with E-state index in [1.807, 2.05) is 4.90 Å². The number of ketones is 1. The number of carbonyl (C=O) groups excluding carboxylic acids is 4. The van der Waals surface area contributed by atoms with Crippen LogP contribution < -0.4 is 4.90 Å². The summed E-state index contributed by atoms with van der Waals surface area (Å²) in [5, 5.41) is 0. The van der Waals surface area contributed by atoms with Gasteiger partial charge in [-0.3, -0.25) is 19.3 Å².